The largest absolute Gasteiger partial charge is 0.403 e. The molecule has 0 unspecified atom stereocenters. The molecule has 0 aliphatic carbocycles. The molecule has 2 aromatic heterocycles. The highest BCUT2D eigenvalue weighted by Crippen LogP contribution is 2.37. The van der Waals surface area contributed by atoms with Crippen LogP contribution in [-0.2, 0) is 0 Å². The third-order valence-electron chi connectivity index (χ3n) is 3.77. The van der Waals surface area contributed by atoms with E-state index in [1.165, 1.54) is 6.33 Å². The Kier molecular flexibility index (Phi) is 3.65. The lowest BCUT2D eigenvalue weighted by Gasteiger charge is -2.14. The van der Waals surface area contributed by atoms with Gasteiger partial charge in [-0.15, -0.1) is 5.10 Å². The van der Waals surface area contributed by atoms with E-state index in [0.29, 0.717) is 11.1 Å². The van der Waals surface area contributed by atoms with Crippen molar-refractivity contribution in [3.05, 3.63) is 46.4 Å². The third kappa shape index (κ3) is 2.72. The van der Waals surface area contributed by atoms with Crippen LogP contribution in [0.4, 0.5) is 21.8 Å². The highest BCUT2D eigenvalue weighted by Gasteiger charge is 2.21. The van der Waals surface area contributed by atoms with Crippen molar-refractivity contribution in [3.8, 4) is 11.5 Å². The van der Waals surface area contributed by atoms with Crippen LogP contribution in [0.5, 0.6) is 0 Å². The van der Waals surface area contributed by atoms with Crippen LogP contribution in [0, 0.1) is 12.7 Å². The smallest absolute Gasteiger partial charge is 0.313 e. The number of aromatic amines is 1. The van der Waals surface area contributed by atoms with Crippen LogP contribution in [0.25, 0.3) is 22.5 Å². The number of hydrogen-bond donors (Lipinski definition) is 3. The van der Waals surface area contributed by atoms with Crippen molar-refractivity contribution >= 4 is 44.4 Å². The second kappa shape index (κ2) is 5.85. The van der Waals surface area contributed by atoms with E-state index in [1.54, 1.807) is 6.07 Å². The number of aromatic nitrogens is 4. The van der Waals surface area contributed by atoms with Gasteiger partial charge in [0.15, 0.2) is 5.82 Å². The molecule has 0 bridgehead atoms. The van der Waals surface area contributed by atoms with Crippen LogP contribution in [-0.4, -0.2) is 20.2 Å². The van der Waals surface area contributed by atoms with Crippen LogP contribution < -0.4 is 11.1 Å². The predicted octanol–water partition coefficient (Wildman–Crippen LogP) is 4.15. The summed E-state index contributed by atoms with van der Waals surface area (Å²) in [6, 6.07) is 7.24. The van der Waals surface area contributed by atoms with E-state index in [0.717, 1.165) is 15.7 Å². The van der Waals surface area contributed by atoms with Crippen molar-refractivity contribution in [3.63, 3.8) is 0 Å². The van der Waals surface area contributed by atoms with Crippen LogP contribution in [0.15, 0.2) is 39.5 Å². The summed E-state index contributed by atoms with van der Waals surface area (Å²) in [6.07, 6.45) is 1.42. The lowest BCUT2D eigenvalue weighted by molar-refractivity contribution is 0.589. The summed E-state index contributed by atoms with van der Waals surface area (Å²) < 4.78 is 21.3. The molecular formula is C16H12BrFN6O. The topological polar surface area (TPSA) is 106 Å². The highest BCUT2D eigenvalue weighted by atomic mass is 79.9. The summed E-state index contributed by atoms with van der Waals surface area (Å²) in [6.45, 7) is 1.92. The molecule has 9 heteroatoms. The molecule has 0 saturated carbocycles. The van der Waals surface area contributed by atoms with Crippen molar-refractivity contribution in [1.29, 1.82) is 0 Å². The minimum absolute atomic E-state index is 0.0918. The van der Waals surface area contributed by atoms with Gasteiger partial charge in [0.2, 0.25) is 0 Å². The van der Waals surface area contributed by atoms with Gasteiger partial charge in [-0.05, 0) is 36.8 Å². The molecule has 0 radical (unpaired) electrons. The zero-order valence-electron chi connectivity index (χ0n) is 13.0. The average molecular weight is 403 g/mol. The maximum Gasteiger partial charge on any atom is 0.313 e. The molecule has 4 N–H and O–H groups in total. The zero-order valence-corrected chi connectivity index (χ0v) is 14.6. The van der Waals surface area contributed by atoms with Crippen molar-refractivity contribution in [2.24, 2.45) is 0 Å². The molecule has 7 nitrogen and oxygen atoms in total. The molecule has 4 rings (SSSR count). The molecule has 0 aliphatic rings. The van der Waals surface area contributed by atoms with Crippen molar-refractivity contribution in [1.82, 2.24) is 20.2 Å². The number of halogens is 2. The minimum Gasteiger partial charge on any atom is -0.403 e. The number of anilines is 3. The van der Waals surface area contributed by atoms with E-state index >= 15 is 4.39 Å². The number of hydrogen-bond acceptors (Lipinski definition) is 6. The highest BCUT2D eigenvalue weighted by molar-refractivity contribution is 9.10. The first kappa shape index (κ1) is 15.6. The Morgan fingerprint density at radius 3 is 2.84 bits per heavy atom. The Hall–Kier alpha value is -2.94. The molecule has 0 fully saturated rings. The molecule has 2 aromatic carbocycles. The fourth-order valence-electron chi connectivity index (χ4n) is 2.58. The molecule has 0 spiro atoms. The summed E-state index contributed by atoms with van der Waals surface area (Å²) in [5.74, 6) is -0.405. The summed E-state index contributed by atoms with van der Waals surface area (Å²) in [5.41, 5.74) is 8.50. The van der Waals surface area contributed by atoms with E-state index in [-0.39, 0.29) is 23.1 Å². The normalized spacial score (nSPS) is 11.2. The first-order valence-electron chi connectivity index (χ1n) is 7.31. The fourth-order valence-corrected chi connectivity index (χ4v) is 3.05. The van der Waals surface area contributed by atoms with E-state index in [1.807, 2.05) is 25.1 Å². The molecule has 0 amide bonds. The lowest BCUT2D eigenvalue weighted by Crippen LogP contribution is -2.00. The van der Waals surface area contributed by atoms with Crippen molar-refractivity contribution in [2.45, 2.75) is 6.92 Å². The number of nitrogen functional groups attached to an aromatic ring is 1. The maximum atomic E-state index is 15.1. The van der Waals surface area contributed by atoms with Gasteiger partial charge in [-0.2, -0.15) is 0 Å². The van der Waals surface area contributed by atoms with Gasteiger partial charge in [-0.1, -0.05) is 21.0 Å². The number of H-pyrrole nitrogens is 1. The molecule has 0 saturated heterocycles. The predicted molar refractivity (Wildman–Crippen MR) is 95.9 cm³/mol. The monoisotopic (exact) mass is 402 g/mol. The quantitative estimate of drug-likeness (QED) is 0.475. The number of imidazole rings is 1. The van der Waals surface area contributed by atoms with Crippen LogP contribution in [0.2, 0.25) is 0 Å². The Morgan fingerprint density at radius 1 is 1.28 bits per heavy atom. The van der Waals surface area contributed by atoms with E-state index in [2.05, 4.69) is 41.4 Å². The molecule has 0 atom stereocenters. The molecule has 126 valence electrons. The third-order valence-corrected chi connectivity index (χ3v) is 4.27. The first-order chi connectivity index (χ1) is 12.0. The Morgan fingerprint density at radius 2 is 2.12 bits per heavy atom. The van der Waals surface area contributed by atoms with E-state index in [4.69, 9.17) is 10.2 Å². The molecule has 2 heterocycles. The second-order valence-electron chi connectivity index (χ2n) is 5.44. The van der Waals surface area contributed by atoms with Crippen LogP contribution in [0.3, 0.4) is 0 Å². The van der Waals surface area contributed by atoms with Gasteiger partial charge in [0.1, 0.15) is 5.52 Å². The maximum absolute atomic E-state index is 15.1. The number of fused-ring (bicyclic) bond motifs is 1. The number of nitrogens with one attached hydrogen (secondary N) is 2. The molecule has 0 aliphatic heterocycles. The summed E-state index contributed by atoms with van der Waals surface area (Å²) in [4.78, 5) is 6.91. The van der Waals surface area contributed by atoms with Crippen LogP contribution in [0.1, 0.15) is 5.56 Å². The van der Waals surface area contributed by atoms with Gasteiger partial charge in [0, 0.05) is 10.2 Å². The Balaban J connectivity index is 1.92. The van der Waals surface area contributed by atoms with Gasteiger partial charge in [-0.25, -0.2) is 9.37 Å². The number of nitrogens with zero attached hydrogens (tertiary/aromatic N) is 3. The standard InChI is InChI=1S/C16H12BrFN6O/c1-7-4-8(17)2-3-10(7)22-13-9(15-23-24-16(19)25-15)5-11-14(12(13)18)21-6-20-11/h2-6,22H,1H3,(H2,19,24)(H,20,21). The fraction of sp³-hybridized carbons (Fsp3) is 0.0625. The minimum atomic E-state index is -0.521. The van der Waals surface area contributed by atoms with Gasteiger partial charge >= 0.3 is 6.01 Å². The summed E-state index contributed by atoms with van der Waals surface area (Å²) >= 11 is 3.41. The van der Waals surface area contributed by atoms with E-state index < -0.39 is 5.82 Å². The Bertz CT molecular complexity index is 1090. The number of nitrogens with two attached hydrogens (primary N) is 1. The number of aryl methyl sites for hydroxylation is 1. The number of rotatable bonds is 3. The van der Waals surface area contributed by atoms with Gasteiger partial charge in [-0.3, -0.25) is 0 Å². The molecule has 4 aromatic rings. The molecular weight excluding hydrogens is 391 g/mol. The lowest BCUT2D eigenvalue weighted by atomic mass is 10.1. The first-order valence-corrected chi connectivity index (χ1v) is 8.10. The summed E-state index contributed by atoms with van der Waals surface area (Å²) in [7, 11) is 0. The van der Waals surface area contributed by atoms with Gasteiger partial charge < -0.3 is 20.5 Å². The number of benzene rings is 2. The summed E-state index contributed by atoms with van der Waals surface area (Å²) in [5, 5.41) is 10.6. The SMILES string of the molecule is Cc1cc(Br)ccc1Nc1c(-c2nnc(N)o2)cc2[nH]cnc2c1F. The van der Waals surface area contributed by atoms with Crippen LogP contribution >= 0.6 is 15.9 Å². The second-order valence-corrected chi connectivity index (χ2v) is 6.36. The van der Waals surface area contributed by atoms with E-state index in [9.17, 15) is 0 Å². The van der Waals surface area contributed by atoms with Crippen molar-refractivity contribution < 1.29 is 8.81 Å². The zero-order chi connectivity index (χ0) is 17.6. The molecule has 25 heavy (non-hydrogen) atoms. The van der Waals surface area contributed by atoms with Crippen molar-refractivity contribution in [2.75, 3.05) is 11.1 Å². The average Bonchev–Trinajstić information content (AvgIpc) is 3.20. The Labute approximate surface area is 149 Å². The van der Waals surface area contributed by atoms with Gasteiger partial charge in [0.25, 0.3) is 5.89 Å². The van der Waals surface area contributed by atoms with Gasteiger partial charge in [0.05, 0.1) is 23.1 Å².